The number of benzene rings is 1. The van der Waals surface area contributed by atoms with Crippen LogP contribution >= 0.6 is 11.8 Å². The molecule has 0 spiro atoms. The van der Waals surface area contributed by atoms with Crippen molar-refractivity contribution in [3.05, 3.63) is 54.2 Å². The van der Waals surface area contributed by atoms with E-state index in [1.165, 1.54) is 17.3 Å². The maximum atomic E-state index is 5.74. The van der Waals surface area contributed by atoms with Crippen molar-refractivity contribution in [3.8, 4) is 11.5 Å². The van der Waals surface area contributed by atoms with Gasteiger partial charge in [0.15, 0.2) is 5.16 Å². The van der Waals surface area contributed by atoms with Gasteiger partial charge in [0.25, 0.3) is 0 Å². The molecule has 106 valence electrons. The van der Waals surface area contributed by atoms with Gasteiger partial charge >= 0.3 is 0 Å². The highest BCUT2D eigenvalue weighted by Gasteiger charge is 2.17. The summed E-state index contributed by atoms with van der Waals surface area (Å²) in [6.45, 7) is 4.04. The van der Waals surface area contributed by atoms with Crippen molar-refractivity contribution in [1.29, 1.82) is 0 Å². The van der Waals surface area contributed by atoms with Crippen LogP contribution in [-0.4, -0.2) is 20.2 Å². The molecular weight excluding hydrogens is 284 g/mol. The first-order valence-electron chi connectivity index (χ1n) is 6.56. The van der Waals surface area contributed by atoms with Gasteiger partial charge in [0.1, 0.15) is 0 Å². The third-order valence-corrected chi connectivity index (χ3v) is 3.89. The highest BCUT2D eigenvalue weighted by atomic mass is 32.2. The van der Waals surface area contributed by atoms with E-state index < -0.39 is 0 Å². The zero-order valence-corrected chi connectivity index (χ0v) is 12.5. The SMILES string of the molecule is Cc1ccc(-c2nnc([C@@H](C)Sc3ncccn3)o2)cc1. The summed E-state index contributed by atoms with van der Waals surface area (Å²) in [5.41, 5.74) is 2.12. The monoisotopic (exact) mass is 298 g/mol. The van der Waals surface area contributed by atoms with Gasteiger partial charge in [-0.3, -0.25) is 0 Å². The number of thioether (sulfide) groups is 1. The first-order valence-corrected chi connectivity index (χ1v) is 7.44. The van der Waals surface area contributed by atoms with Crippen molar-refractivity contribution in [2.75, 3.05) is 0 Å². The molecule has 0 fully saturated rings. The highest BCUT2D eigenvalue weighted by Crippen LogP contribution is 2.32. The topological polar surface area (TPSA) is 64.7 Å². The Balaban J connectivity index is 1.76. The van der Waals surface area contributed by atoms with Gasteiger partial charge in [-0.05, 0) is 32.0 Å². The van der Waals surface area contributed by atoms with Crippen molar-refractivity contribution >= 4 is 11.8 Å². The number of hydrogen-bond acceptors (Lipinski definition) is 6. The van der Waals surface area contributed by atoms with E-state index >= 15 is 0 Å². The first-order chi connectivity index (χ1) is 10.2. The van der Waals surface area contributed by atoms with Crippen LogP contribution in [0.2, 0.25) is 0 Å². The third kappa shape index (κ3) is 3.28. The fraction of sp³-hybridized carbons (Fsp3) is 0.200. The van der Waals surface area contributed by atoms with E-state index in [2.05, 4.69) is 20.2 Å². The van der Waals surface area contributed by atoms with E-state index in [1.807, 2.05) is 38.1 Å². The third-order valence-electron chi connectivity index (χ3n) is 2.91. The van der Waals surface area contributed by atoms with Gasteiger partial charge < -0.3 is 4.42 Å². The summed E-state index contributed by atoms with van der Waals surface area (Å²) in [7, 11) is 0. The predicted molar refractivity (Wildman–Crippen MR) is 80.8 cm³/mol. The summed E-state index contributed by atoms with van der Waals surface area (Å²) >= 11 is 1.49. The Morgan fingerprint density at radius 3 is 2.48 bits per heavy atom. The molecule has 0 N–H and O–H groups in total. The number of nitrogens with zero attached hydrogens (tertiary/aromatic N) is 4. The van der Waals surface area contributed by atoms with Gasteiger partial charge in [0, 0.05) is 18.0 Å². The Hall–Kier alpha value is -2.21. The number of aryl methyl sites for hydroxylation is 1. The molecule has 0 aliphatic carbocycles. The van der Waals surface area contributed by atoms with Crippen LogP contribution in [0.15, 0.2) is 52.3 Å². The molecule has 2 aromatic heterocycles. The van der Waals surface area contributed by atoms with Crippen LogP contribution in [0.3, 0.4) is 0 Å². The lowest BCUT2D eigenvalue weighted by molar-refractivity contribution is 0.509. The Labute approximate surface area is 126 Å². The molecule has 1 aromatic carbocycles. The second-order valence-electron chi connectivity index (χ2n) is 4.60. The van der Waals surface area contributed by atoms with E-state index in [0.717, 1.165) is 5.56 Å². The largest absolute Gasteiger partial charge is 0.419 e. The molecule has 1 atom stereocenters. The van der Waals surface area contributed by atoms with Crippen molar-refractivity contribution in [2.24, 2.45) is 0 Å². The quantitative estimate of drug-likeness (QED) is 0.540. The normalized spacial score (nSPS) is 12.3. The lowest BCUT2D eigenvalue weighted by atomic mass is 10.1. The second kappa shape index (κ2) is 6.05. The maximum absolute atomic E-state index is 5.74. The lowest BCUT2D eigenvalue weighted by Gasteiger charge is -2.04. The van der Waals surface area contributed by atoms with Gasteiger partial charge in [0.2, 0.25) is 11.8 Å². The Kier molecular flexibility index (Phi) is 3.96. The molecule has 21 heavy (non-hydrogen) atoms. The molecule has 0 amide bonds. The minimum atomic E-state index is -0.000835. The van der Waals surface area contributed by atoms with Crippen LogP contribution in [-0.2, 0) is 0 Å². The fourth-order valence-electron chi connectivity index (χ4n) is 1.77. The van der Waals surface area contributed by atoms with E-state index in [9.17, 15) is 0 Å². The Morgan fingerprint density at radius 2 is 1.76 bits per heavy atom. The highest BCUT2D eigenvalue weighted by molar-refractivity contribution is 7.99. The van der Waals surface area contributed by atoms with Crippen LogP contribution in [0.5, 0.6) is 0 Å². The van der Waals surface area contributed by atoms with Crippen molar-refractivity contribution in [1.82, 2.24) is 20.2 Å². The van der Waals surface area contributed by atoms with E-state index in [1.54, 1.807) is 18.5 Å². The Morgan fingerprint density at radius 1 is 1.05 bits per heavy atom. The van der Waals surface area contributed by atoms with Crippen LogP contribution in [0.1, 0.15) is 23.6 Å². The molecule has 0 bridgehead atoms. The average Bonchev–Trinajstić information content (AvgIpc) is 2.99. The molecule has 0 saturated carbocycles. The van der Waals surface area contributed by atoms with Gasteiger partial charge in [0.05, 0.1) is 5.25 Å². The summed E-state index contributed by atoms with van der Waals surface area (Å²) in [4.78, 5) is 8.36. The van der Waals surface area contributed by atoms with Gasteiger partial charge in [-0.2, -0.15) is 0 Å². The predicted octanol–water partition coefficient (Wildman–Crippen LogP) is 3.69. The van der Waals surface area contributed by atoms with Crippen molar-refractivity contribution < 1.29 is 4.42 Å². The molecular formula is C15H14N4OS. The summed E-state index contributed by atoms with van der Waals surface area (Å²) in [5, 5.41) is 8.92. The minimum Gasteiger partial charge on any atom is -0.419 e. The summed E-state index contributed by atoms with van der Waals surface area (Å²) in [6.07, 6.45) is 3.43. The number of rotatable bonds is 4. The van der Waals surface area contributed by atoms with E-state index in [-0.39, 0.29) is 5.25 Å². The summed E-state index contributed by atoms with van der Waals surface area (Å²) in [6, 6.07) is 9.79. The van der Waals surface area contributed by atoms with Crippen LogP contribution < -0.4 is 0 Å². The minimum absolute atomic E-state index is 0.000835. The molecule has 3 aromatic rings. The molecule has 0 aliphatic heterocycles. The molecule has 0 aliphatic rings. The number of hydrogen-bond donors (Lipinski definition) is 0. The van der Waals surface area contributed by atoms with Gasteiger partial charge in [-0.25, -0.2) is 9.97 Å². The first kappa shape index (κ1) is 13.8. The lowest BCUT2D eigenvalue weighted by Crippen LogP contribution is -1.91. The van der Waals surface area contributed by atoms with E-state index in [4.69, 9.17) is 4.42 Å². The van der Waals surface area contributed by atoms with Crippen molar-refractivity contribution in [3.63, 3.8) is 0 Å². The number of aromatic nitrogens is 4. The molecule has 6 heteroatoms. The molecule has 2 heterocycles. The smallest absolute Gasteiger partial charge is 0.247 e. The van der Waals surface area contributed by atoms with Crippen LogP contribution in [0.25, 0.3) is 11.5 Å². The van der Waals surface area contributed by atoms with Crippen LogP contribution in [0.4, 0.5) is 0 Å². The molecule has 0 radical (unpaired) electrons. The standard InChI is InChI=1S/C15H14N4OS/c1-10-4-6-12(7-5-10)14-19-18-13(20-14)11(2)21-15-16-8-3-9-17-15/h3-9,11H,1-2H3/t11-/m1/s1. The van der Waals surface area contributed by atoms with Crippen LogP contribution in [0, 0.1) is 6.92 Å². The van der Waals surface area contributed by atoms with Crippen molar-refractivity contribution in [2.45, 2.75) is 24.3 Å². The zero-order valence-electron chi connectivity index (χ0n) is 11.7. The van der Waals surface area contributed by atoms with Gasteiger partial charge in [-0.15, -0.1) is 10.2 Å². The maximum Gasteiger partial charge on any atom is 0.247 e. The second-order valence-corrected chi connectivity index (χ2v) is 5.91. The Bertz CT molecular complexity index is 712. The molecule has 0 saturated heterocycles. The summed E-state index contributed by atoms with van der Waals surface area (Å²) in [5.74, 6) is 1.11. The molecule has 5 nitrogen and oxygen atoms in total. The van der Waals surface area contributed by atoms with Gasteiger partial charge in [-0.1, -0.05) is 29.5 Å². The fourth-order valence-corrected chi connectivity index (χ4v) is 2.52. The average molecular weight is 298 g/mol. The molecule has 0 unspecified atom stereocenters. The molecule has 3 rings (SSSR count). The summed E-state index contributed by atoms with van der Waals surface area (Å²) < 4.78 is 5.74. The van der Waals surface area contributed by atoms with E-state index in [0.29, 0.717) is 16.9 Å². The zero-order chi connectivity index (χ0) is 14.7.